The lowest BCUT2D eigenvalue weighted by atomic mass is 10.0. The van der Waals surface area contributed by atoms with Crippen LogP contribution in [0.4, 0.5) is 5.82 Å². The van der Waals surface area contributed by atoms with E-state index in [-0.39, 0.29) is 6.10 Å². The van der Waals surface area contributed by atoms with E-state index >= 15 is 0 Å². The summed E-state index contributed by atoms with van der Waals surface area (Å²) in [6.45, 7) is 9.41. The molecular formula is C24H34N6O. The van der Waals surface area contributed by atoms with E-state index in [0.29, 0.717) is 6.61 Å². The first kappa shape index (κ1) is 21.6. The van der Waals surface area contributed by atoms with Crippen LogP contribution in [0.5, 0.6) is 0 Å². The number of rotatable bonds is 4. The highest BCUT2D eigenvalue weighted by Crippen LogP contribution is 2.25. The molecule has 31 heavy (non-hydrogen) atoms. The molecule has 4 rings (SSSR count). The molecule has 2 aliphatic rings. The normalized spacial score (nSPS) is 20.7. The second kappa shape index (κ2) is 10.1. The van der Waals surface area contributed by atoms with Crippen molar-refractivity contribution in [2.75, 3.05) is 64.9 Å². The maximum absolute atomic E-state index is 6.08. The van der Waals surface area contributed by atoms with E-state index in [4.69, 9.17) is 4.74 Å². The van der Waals surface area contributed by atoms with Crippen LogP contribution < -0.4 is 10.2 Å². The molecule has 1 aromatic carbocycles. The molecule has 2 aliphatic heterocycles. The lowest BCUT2D eigenvalue weighted by Crippen LogP contribution is -2.48. The molecule has 2 fully saturated rings. The van der Waals surface area contributed by atoms with Crippen molar-refractivity contribution in [3.05, 3.63) is 59.3 Å². The van der Waals surface area contributed by atoms with Crippen LogP contribution in [0.15, 0.2) is 47.6 Å². The number of aliphatic imine (C=N–C) groups is 1. The smallest absolute Gasteiger partial charge is 0.194 e. The number of aryl methyl sites for hydroxylation is 1. The fourth-order valence-corrected chi connectivity index (χ4v) is 4.27. The van der Waals surface area contributed by atoms with Crippen molar-refractivity contribution in [2.45, 2.75) is 19.6 Å². The number of anilines is 1. The fraction of sp³-hybridized carbons (Fsp3) is 0.500. The van der Waals surface area contributed by atoms with Gasteiger partial charge in [-0.1, -0.05) is 24.3 Å². The van der Waals surface area contributed by atoms with E-state index in [9.17, 15) is 0 Å². The van der Waals surface area contributed by atoms with Crippen molar-refractivity contribution >= 4 is 11.8 Å². The van der Waals surface area contributed by atoms with E-state index in [0.717, 1.165) is 57.6 Å². The number of benzene rings is 1. The number of nitrogens with one attached hydrogen (secondary N) is 1. The second-order valence-corrected chi connectivity index (χ2v) is 8.38. The highest BCUT2D eigenvalue weighted by atomic mass is 16.5. The van der Waals surface area contributed by atoms with Gasteiger partial charge in [-0.05, 0) is 42.8 Å². The van der Waals surface area contributed by atoms with Crippen LogP contribution >= 0.6 is 0 Å². The number of piperazine rings is 1. The number of aromatic nitrogens is 1. The SMILES string of the molecule is CN=C(NCc1ccnc(N2CCN(C)CC2)c1)N1CCOC(c2ccccc2C)C1. The number of pyridine rings is 1. The largest absolute Gasteiger partial charge is 0.370 e. The number of morpholine rings is 1. The molecule has 0 amide bonds. The average molecular weight is 423 g/mol. The highest BCUT2D eigenvalue weighted by molar-refractivity contribution is 5.80. The third-order valence-corrected chi connectivity index (χ3v) is 6.20. The molecule has 7 nitrogen and oxygen atoms in total. The Hall–Kier alpha value is -2.64. The third kappa shape index (κ3) is 5.35. The molecule has 0 aliphatic carbocycles. The van der Waals surface area contributed by atoms with Crippen molar-refractivity contribution in [3.63, 3.8) is 0 Å². The summed E-state index contributed by atoms with van der Waals surface area (Å²) in [6, 6.07) is 12.7. The number of guanidine groups is 1. The van der Waals surface area contributed by atoms with E-state index in [2.05, 4.69) is 80.4 Å². The molecule has 0 bridgehead atoms. The van der Waals surface area contributed by atoms with Crippen LogP contribution in [-0.4, -0.2) is 80.7 Å². The van der Waals surface area contributed by atoms with E-state index in [1.807, 2.05) is 13.2 Å². The minimum Gasteiger partial charge on any atom is -0.370 e. The van der Waals surface area contributed by atoms with Crippen LogP contribution in [0, 0.1) is 6.92 Å². The Kier molecular flexibility index (Phi) is 7.04. The molecule has 166 valence electrons. The Morgan fingerprint density at radius 2 is 1.97 bits per heavy atom. The summed E-state index contributed by atoms with van der Waals surface area (Å²) in [5.74, 6) is 1.98. The summed E-state index contributed by atoms with van der Waals surface area (Å²) in [4.78, 5) is 16.2. The van der Waals surface area contributed by atoms with Crippen molar-refractivity contribution < 1.29 is 4.74 Å². The van der Waals surface area contributed by atoms with Crippen molar-refractivity contribution in [2.24, 2.45) is 4.99 Å². The zero-order chi connectivity index (χ0) is 21.6. The van der Waals surface area contributed by atoms with Gasteiger partial charge in [0.1, 0.15) is 11.9 Å². The van der Waals surface area contributed by atoms with Gasteiger partial charge in [0.25, 0.3) is 0 Å². The van der Waals surface area contributed by atoms with Crippen LogP contribution in [0.2, 0.25) is 0 Å². The molecule has 1 N–H and O–H groups in total. The summed E-state index contributed by atoms with van der Waals surface area (Å²) < 4.78 is 6.08. The standard InChI is InChI=1S/C24H34N6O/c1-19-6-4-5-7-21(19)22-18-30(14-15-31-22)24(25-2)27-17-20-8-9-26-23(16-20)29-12-10-28(3)11-13-29/h4-9,16,22H,10-15,17-18H2,1-3H3,(H,25,27). The Labute approximate surface area is 185 Å². The maximum atomic E-state index is 6.08. The van der Waals surface area contributed by atoms with Gasteiger partial charge < -0.3 is 24.8 Å². The summed E-state index contributed by atoms with van der Waals surface area (Å²) in [5, 5.41) is 3.55. The molecule has 1 aromatic heterocycles. The van der Waals surface area contributed by atoms with Gasteiger partial charge in [0, 0.05) is 52.5 Å². The van der Waals surface area contributed by atoms with Gasteiger partial charge in [0.15, 0.2) is 5.96 Å². The van der Waals surface area contributed by atoms with Crippen LogP contribution in [-0.2, 0) is 11.3 Å². The first-order valence-electron chi connectivity index (χ1n) is 11.1. The average Bonchev–Trinajstić information content (AvgIpc) is 2.81. The van der Waals surface area contributed by atoms with Gasteiger partial charge in [0.2, 0.25) is 0 Å². The van der Waals surface area contributed by atoms with Crippen LogP contribution in [0.3, 0.4) is 0 Å². The van der Waals surface area contributed by atoms with Gasteiger partial charge >= 0.3 is 0 Å². The molecule has 2 aromatic rings. The Bertz CT molecular complexity index is 893. The van der Waals surface area contributed by atoms with Gasteiger partial charge in [0.05, 0.1) is 13.2 Å². The molecule has 2 saturated heterocycles. The molecule has 1 unspecified atom stereocenters. The zero-order valence-corrected chi connectivity index (χ0v) is 18.9. The zero-order valence-electron chi connectivity index (χ0n) is 18.9. The van der Waals surface area contributed by atoms with Gasteiger partial charge in [-0.25, -0.2) is 4.98 Å². The molecule has 0 radical (unpaired) electrons. The van der Waals surface area contributed by atoms with E-state index < -0.39 is 0 Å². The number of ether oxygens (including phenoxy) is 1. The predicted molar refractivity (Wildman–Crippen MR) is 126 cm³/mol. The Morgan fingerprint density at radius 3 is 2.74 bits per heavy atom. The lowest BCUT2D eigenvalue weighted by Gasteiger charge is -2.36. The summed E-state index contributed by atoms with van der Waals surface area (Å²) >= 11 is 0. The summed E-state index contributed by atoms with van der Waals surface area (Å²) in [6.07, 6.45) is 1.98. The van der Waals surface area contributed by atoms with Gasteiger partial charge in [-0.2, -0.15) is 0 Å². The minimum atomic E-state index is 0.0678. The fourth-order valence-electron chi connectivity index (χ4n) is 4.27. The highest BCUT2D eigenvalue weighted by Gasteiger charge is 2.25. The van der Waals surface area contributed by atoms with Crippen LogP contribution in [0.1, 0.15) is 22.8 Å². The maximum Gasteiger partial charge on any atom is 0.194 e. The number of likely N-dealkylation sites (N-methyl/N-ethyl adjacent to an activating group) is 1. The molecule has 3 heterocycles. The number of hydrogen-bond acceptors (Lipinski definition) is 5. The second-order valence-electron chi connectivity index (χ2n) is 8.38. The topological polar surface area (TPSA) is 56.2 Å². The van der Waals surface area contributed by atoms with Gasteiger partial charge in [-0.15, -0.1) is 0 Å². The van der Waals surface area contributed by atoms with Crippen molar-refractivity contribution in [1.29, 1.82) is 0 Å². The van der Waals surface area contributed by atoms with Gasteiger partial charge in [-0.3, -0.25) is 4.99 Å². The number of hydrogen-bond donors (Lipinski definition) is 1. The summed E-state index contributed by atoms with van der Waals surface area (Å²) in [5.41, 5.74) is 3.74. The first-order chi connectivity index (χ1) is 15.1. The Morgan fingerprint density at radius 1 is 1.16 bits per heavy atom. The predicted octanol–water partition coefficient (Wildman–Crippen LogP) is 2.29. The molecule has 0 saturated carbocycles. The third-order valence-electron chi connectivity index (χ3n) is 6.20. The van der Waals surface area contributed by atoms with Crippen LogP contribution in [0.25, 0.3) is 0 Å². The molecule has 1 atom stereocenters. The Balaban J connectivity index is 1.37. The van der Waals surface area contributed by atoms with E-state index in [1.54, 1.807) is 0 Å². The van der Waals surface area contributed by atoms with Crippen molar-refractivity contribution in [3.8, 4) is 0 Å². The van der Waals surface area contributed by atoms with E-state index in [1.165, 1.54) is 16.7 Å². The van der Waals surface area contributed by atoms with Crippen molar-refractivity contribution in [1.82, 2.24) is 20.1 Å². The molecule has 0 spiro atoms. The molecule has 7 heteroatoms. The lowest BCUT2D eigenvalue weighted by molar-refractivity contribution is -0.00833. The summed E-state index contributed by atoms with van der Waals surface area (Å²) in [7, 11) is 4.02. The molecular weight excluding hydrogens is 388 g/mol. The quantitative estimate of drug-likeness (QED) is 0.603. The first-order valence-corrected chi connectivity index (χ1v) is 11.1. The number of nitrogens with zero attached hydrogens (tertiary/aromatic N) is 5. The minimum absolute atomic E-state index is 0.0678. The monoisotopic (exact) mass is 422 g/mol.